The molecule has 6 nitrogen and oxygen atoms in total. The molecular weight excluding hydrogens is 466 g/mol. The average Bonchev–Trinajstić information content (AvgIpc) is 3.35. The van der Waals surface area contributed by atoms with Gasteiger partial charge in [-0.2, -0.15) is 0 Å². The number of rotatable bonds is 12. The van der Waals surface area contributed by atoms with Crippen molar-refractivity contribution in [1.29, 1.82) is 0 Å². The van der Waals surface area contributed by atoms with E-state index in [-0.39, 0.29) is 25.8 Å². The van der Waals surface area contributed by atoms with E-state index < -0.39 is 17.7 Å². The van der Waals surface area contributed by atoms with E-state index in [1.807, 2.05) is 59.5 Å². The first kappa shape index (κ1) is 25.8. The highest BCUT2D eigenvalue weighted by Gasteiger charge is 2.26. The number of aliphatic hydroxyl groups is 1. The van der Waals surface area contributed by atoms with Crippen molar-refractivity contribution in [2.75, 3.05) is 26.8 Å². The summed E-state index contributed by atoms with van der Waals surface area (Å²) in [5, 5.41) is 14.9. The first-order valence-corrected chi connectivity index (χ1v) is 11.8. The average molecular weight is 497 g/mol. The summed E-state index contributed by atoms with van der Waals surface area (Å²) < 4.78 is 38.7. The zero-order valence-electron chi connectivity index (χ0n) is 20.1. The Kier molecular flexibility index (Phi) is 9.00. The molecular formula is C28H30F2N2O4. The fourth-order valence-electron chi connectivity index (χ4n) is 4.10. The van der Waals surface area contributed by atoms with Gasteiger partial charge in [0.1, 0.15) is 23.5 Å². The molecule has 0 fully saturated rings. The van der Waals surface area contributed by atoms with Crippen LogP contribution in [0, 0.1) is 11.6 Å². The molecule has 0 spiro atoms. The van der Waals surface area contributed by atoms with Gasteiger partial charge in [0.2, 0.25) is 0 Å². The van der Waals surface area contributed by atoms with E-state index in [1.165, 1.54) is 12.1 Å². The van der Waals surface area contributed by atoms with Gasteiger partial charge in [0, 0.05) is 37.7 Å². The standard InChI is InChI=1S/C28H30F2N2O4/c1-34-25-11-8-21(9-12-25)28-14-26(36-31-28)17-32(15-22-7-10-23(29)13-27(22)30)16-24(33)19-35-18-20-5-3-2-4-6-20/h2-13,24,26,33H,14-19H2,1H3. The van der Waals surface area contributed by atoms with Gasteiger partial charge in [-0.15, -0.1) is 0 Å². The van der Waals surface area contributed by atoms with Crippen LogP contribution in [0.4, 0.5) is 8.78 Å². The van der Waals surface area contributed by atoms with Crippen LogP contribution in [0.2, 0.25) is 0 Å². The van der Waals surface area contributed by atoms with Crippen LogP contribution < -0.4 is 4.74 Å². The molecule has 36 heavy (non-hydrogen) atoms. The van der Waals surface area contributed by atoms with Gasteiger partial charge in [-0.25, -0.2) is 8.78 Å². The molecule has 2 atom stereocenters. The van der Waals surface area contributed by atoms with Crippen molar-refractivity contribution in [1.82, 2.24) is 4.90 Å². The van der Waals surface area contributed by atoms with Crippen LogP contribution in [0.1, 0.15) is 23.1 Å². The Morgan fingerprint density at radius 1 is 1.08 bits per heavy atom. The summed E-state index contributed by atoms with van der Waals surface area (Å²) in [4.78, 5) is 7.54. The number of nitrogens with zero attached hydrogens (tertiary/aromatic N) is 2. The Labute approximate surface area is 209 Å². The maximum atomic E-state index is 14.4. The van der Waals surface area contributed by atoms with Gasteiger partial charge in [0.05, 0.1) is 32.1 Å². The van der Waals surface area contributed by atoms with Gasteiger partial charge in [0.25, 0.3) is 0 Å². The summed E-state index contributed by atoms with van der Waals surface area (Å²) in [7, 11) is 1.61. The monoisotopic (exact) mass is 496 g/mol. The number of hydrogen-bond donors (Lipinski definition) is 1. The molecule has 3 aromatic carbocycles. The van der Waals surface area contributed by atoms with Gasteiger partial charge >= 0.3 is 0 Å². The van der Waals surface area contributed by atoms with Crippen molar-refractivity contribution in [3.8, 4) is 5.75 Å². The number of aliphatic hydroxyl groups excluding tert-OH is 1. The third-order valence-electron chi connectivity index (χ3n) is 5.92. The van der Waals surface area contributed by atoms with E-state index in [0.29, 0.717) is 25.1 Å². The highest BCUT2D eigenvalue weighted by molar-refractivity contribution is 6.01. The molecule has 1 aliphatic heterocycles. The molecule has 4 rings (SSSR count). The Hall–Kier alpha value is -3.33. The molecule has 0 radical (unpaired) electrons. The minimum atomic E-state index is -0.805. The van der Waals surface area contributed by atoms with E-state index in [4.69, 9.17) is 14.3 Å². The van der Waals surface area contributed by atoms with Crippen LogP contribution in [-0.4, -0.2) is 54.7 Å². The van der Waals surface area contributed by atoms with Crippen LogP contribution in [0.5, 0.6) is 5.75 Å². The van der Waals surface area contributed by atoms with Crippen molar-refractivity contribution in [3.05, 3.63) is 101 Å². The van der Waals surface area contributed by atoms with Gasteiger partial charge in [0.15, 0.2) is 0 Å². The van der Waals surface area contributed by atoms with Crippen LogP contribution in [-0.2, 0) is 22.7 Å². The van der Waals surface area contributed by atoms with Gasteiger partial charge in [-0.3, -0.25) is 4.90 Å². The summed E-state index contributed by atoms with van der Waals surface area (Å²) in [5.41, 5.74) is 3.09. The lowest BCUT2D eigenvalue weighted by atomic mass is 10.0. The quantitative estimate of drug-likeness (QED) is 0.399. The summed E-state index contributed by atoms with van der Waals surface area (Å²) in [6.45, 7) is 1.31. The molecule has 1 heterocycles. The molecule has 3 aromatic rings. The number of ether oxygens (including phenoxy) is 2. The lowest BCUT2D eigenvalue weighted by Gasteiger charge is -2.27. The summed E-state index contributed by atoms with van der Waals surface area (Å²) >= 11 is 0. The third kappa shape index (κ3) is 7.34. The number of benzene rings is 3. The normalized spacial score (nSPS) is 16.0. The zero-order chi connectivity index (χ0) is 25.3. The lowest BCUT2D eigenvalue weighted by Crippen LogP contribution is -2.39. The lowest BCUT2D eigenvalue weighted by molar-refractivity contribution is -0.00671. The SMILES string of the molecule is COc1ccc(C2=NOC(CN(Cc3ccc(F)cc3F)CC(O)COCc3ccccc3)C2)cc1. The molecule has 0 aromatic heterocycles. The number of hydrogen-bond acceptors (Lipinski definition) is 6. The Balaban J connectivity index is 1.36. The van der Waals surface area contributed by atoms with E-state index in [9.17, 15) is 13.9 Å². The first-order valence-electron chi connectivity index (χ1n) is 11.8. The Morgan fingerprint density at radius 3 is 2.58 bits per heavy atom. The minimum absolute atomic E-state index is 0.121. The second-order valence-electron chi connectivity index (χ2n) is 8.78. The van der Waals surface area contributed by atoms with Gasteiger partial charge in [-0.1, -0.05) is 41.6 Å². The highest BCUT2D eigenvalue weighted by Crippen LogP contribution is 2.21. The van der Waals surface area contributed by atoms with Crippen LogP contribution in [0.15, 0.2) is 78.0 Å². The highest BCUT2D eigenvalue weighted by atomic mass is 19.1. The fourth-order valence-corrected chi connectivity index (χ4v) is 4.10. The molecule has 2 unspecified atom stereocenters. The number of halogens is 2. The number of methoxy groups -OCH3 is 1. The maximum absolute atomic E-state index is 14.4. The Morgan fingerprint density at radius 2 is 1.86 bits per heavy atom. The van der Waals surface area contributed by atoms with Crippen molar-refractivity contribution in [3.63, 3.8) is 0 Å². The van der Waals surface area contributed by atoms with E-state index >= 15 is 0 Å². The van der Waals surface area contributed by atoms with Crippen molar-refractivity contribution >= 4 is 5.71 Å². The van der Waals surface area contributed by atoms with Crippen molar-refractivity contribution in [2.45, 2.75) is 31.8 Å². The Bertz CT molecular complexity index is 1140. The second-order valence-corrected chi connectivity index (χ2v) is 8.78. The summed E-state index contributed by atoms with van der Waals surface area (Å²) in [6, 6.07) is 20.8. The maximum Gasteiger partial charge on any atom is 0.145 e. The topological polar surface area (TPSA) is 63.5 Å². The predicted molar refractivity (Wildman–Crippen MR) is 133 cm³/mol. The smallest absolute Gasteiger partial charge is 0.145 e. The predicted octanol–water partition coefficient (Wildman–Crippen LogP) is 4.55. The first-order chi connectivity index (χ1) is 17.5. The minimum Gasteiger partial charge on any atom is -0.497 e. The summed E-state index contributed by atoms with van der Waals surface area (Å²) in [6.07, 6.45) is -0.515. The molecule has 0 aliphatic carbocycles. The molecule has 1 N–H and O–H groups in total. The molecule has 0 saturated carbocycles. The van der Waals surface area contributed by atoms with E-state index in [2.05, 4.69) is 5.16 Å². The van der Waals surface area contributed by atoms with E-state index in [0.717, 1.165) is 28.7 Å². The van der Waals surface area contributed by atoms with Gasteiger partial charge < -0.3 is 19.4 Å². The van der Waals surface area contributed by atoms with Crippen LogP contribution in [0.3, 0.4) is 0 Å². The van der Waals surface area contributed by atoms with Gasteiger partial charge in [-0.05, 0) is 41.5 Å². The zero-order valence-corrected chi connectivity index (χ0v) is 20.1. The third-order valence-corrected chi connectivity index (χ3v) is 5.92. The molecule has 190 valence electrons. The van der Waals surface area contributed by atoms with Crippen LogP contribution >= 0.6 is 0 Å². The van der Waals surface area contributed by atoms with Crippen LogP contribution in [0.25, 0.3) is 0 Å². The molecule has 0 saturated heterocycles. The molecule has 8 heteroatoms. The molecule has 0 bridgehead atoms. The number of oxime groups is 1. The largest absolute Gasteiger partial charge is 0.497 e. The van der Waals surface area contributed by atoms with Crippen molar-refractivity contribution < 1.29 is 28.2 Å². The molecule has 1 aliphatic rings. The molecule has 0 amide bonds. The second kappa shape index (κ2) is 12.6. The summed E-state index contributed by atoms with van der Waals surface area (Å²) in [5.74, 6) is -0.503. The fraction of sp³-hybridized carbons (Fsp3) is 0.321. The van der Waals surface area contributed by atoms with E-state index in [1.54, 1.807) is 7.11 Å². The van der Waals surface area contributed by atoms with Crippen molar-refractivity contribution in [2.24, 2.45) is 5.16 Å².